The highest BCUT2D eigenvalue weighted by Crippen LogP contribution is 2.40. The SMILES string of the molecule is COC(=O)c1cc(-c2ccnc(F)c2F)cc(Nc2c(Cl)cnc3c(F)cccc23)c1[N+](=O)[O-]. The number of nitro groups is 1. The molecule has 0 aliphatic heterocycles. The molecule has 0 saturated carbocycles. The Morgan fingerprint density at radius 1 is 1.18 bits per heavy atom. The fraction of sp³-hybridized carbons (Fsp3) is 0.0455. The van der Waals surface area contributed by atoms with Crippen LogP contribution in [0.2, 0.25) is 5.02 Å². The molecule has 4 rings (SSSR count). The van der Waals surface area contributed by atoms with Gasteiger partial charge in [-0.1, -0.05) is 23.7 Å². The average Bonchev–Trinajstić information content (AvgIpc) is 2.81. The van der Waals surface area contributed by atoms with Crippen molar-refractivity contribution in [2.24, 2.45) is 0 Å². The zero-order chi connectivity index (χ0) is 24.6. The molecule has 0 bridgehead atoms. The molecule has 8 nitrogen and oxygen atoms in total. The molecule has 0 aliphatic carbocycles. The highest BCUT2D eigenvalue weighted by molar-refractivity contribution is 6.34. The van der Waals surface area contributed by atoms with E-state index in [0.717, 1.165) is 37.7 Å². The van der Waals surface area contributed by atoms with Crippen LogP contribution in [0.25, 0.3) is 22.0 Å². The molecule has 0 spiro atoms. The van der Waals surface area contributed by atoms with Crippen molar-refractivity contribution in [3.8, 4) is 11.1 Å². The van der Waals surface area contributed by atoms with Crippen LogP contribution in [0.1, 0.15) is 10.4 Å². The summed E-state index contributed by atoms with van der Waals surface area (Å²) in [5, 5.41) is 14.8. The summed E-state index contributed by atoms with van der Waals surface area (Å²) in [7, 11) is 1.01. The summed E-state index contributed by atoms with van der Waals surface area (Å²) in [4.78, 5) is 30.6. The van der Waals surface area contributed by atoms with Crippen LogP contribution >= 0.6 is 11.6 Å². The number of nitrogens with one attached hydrogen (secondary N) is 1. The second kappa shape index (κ2) is 8.94. The van der Waals surface area contributed by atoms with Crippen LogP contribution in [0.3, 0.4) is 0 Å². The first kappa shape index (κ1) is 22.9. The number of hydrogen-bond donors (Lipinski definition) is 1. The van der Waals surface area contributed by atoms with E-state index in [2.05, 4.69) is 20.0 Å². The number of fused-ring (bicyclic) bond motifs is 1. The summed E-state index contributed by atoms with van der Waals surface area (Å²) in [6, 6.07) is 7.30. The Hall–Kier alpha value is -4.25. The molecule has 0 aliphatic rings. The van der Waals surface area contributed by atoms with E-state index in [9.17, 15) is 28.1 Å². The molecule has 0 unspecified atom stereocenters. The fourth-order valence-corrected chi connectivity index (χ4v) is 3.61. The van der Waals surface area contributed by atoms with E-state index in [0.29, 0.717) is 0 Å². The minimum absolute atomic E-state index is 0.0152. The number of ether oxygens (including phenoxy) is 1. The van der Waals surface area contributed by atoms with Gasteiger partial charge >= 0.3 is 11.7 Å². The van der Waals surface area contributed by atoms with Crippen LogP contribution in [-0.2, 0) is 4.74 Å². The maximum Gasteiger partial charge on any atom is 0.345 e. The lowest BCUT2D eigenvalue weighted by atomic mass is 10.00. The molecule has 12 heteroatoms. The third-order valence-electron chi connectivity index (χ3n) is 4.92. The molecule has 172 valence electrons. The lowest BCUT2D eigenvalue weighted by Crippen LogP contribution is -2.09. The summed E-state index contributed by atoms with van der Waals surface area (Å²) in [5.41, 5.74) is -1.99. The number of rotatable bonds is 5. The second-order valence-corrected chi connectivity index (χ2v) is 7.28. The van der Waals surface area contributed by atoms with Gasteiger partial charge in [-0.3, -0.25) is 15.1 Å². The molecule has 34 heavy (non-hydrogen) atoms. The van der Waals surface area contributed by atoms with Gasteiger partial charge in [0, 0.05) is 23.3 Å². The molecule has 0 radical (unpaired) electrons. The Balaban J connectivity index is 2.02. The Labute approximate surface area is 194 Å². The monoisotopic (exact) mass is 488 g/mol. The zero-order valence-corrected chi connectivity index (χ0v) is 17.9. The number of nitro benzene ring substituents is 1. The van der Waals surface area contributed by atoms with E-state index in [1.54, 1.807) is 0 Å². The number of halogens is 4. The van der Waals surface area contributed by atoms with Crippen molar-refractivity contribution in [2.45, 2.75) is 0 Å². The van der Waals surface area contributed by atoms with Crippen LogP contribution < -0.4 is 5.32 Å². The summed E-state index contributed by atoms with van der Waals surface area (Å²) in [6.45, 7) is 0. The van der Waals surface area contributed by atoms with Gasteiger partial charge < -0.3 is 10.1 Å². The van der Waals surface area contributed by atoms with E-state index in [-0.39, 0.29) is 38.4 Å². The first-order valence-electron chi connectivity index (χ1n) is 9.43. The first-order chi connectivity index (χ1) is 16.2. The maximum absolute atomic E-state index is 14.5. The standard InChI is InChI=1S/C22H12ClF3N4O4/c1-34-22(31)13-7-10(11-5-6-27-21(26)17(11)25)8-16(20(13)30(32)33)29-18-12-3-2-4-15(24)19(12)28-9-14(18)23/h2-9H,1H3,(H,28,29). The van der Waals surface area contributed by atoms with Gasteiger partial charge in [-0.15, -0.1) is 0 Å². The fourth-order valence-electron chi connectivity index (χ4n) is 3.41. The van der Waals surface area contributed by atoms with Gasteiger partial charge in [0.05, 0.1) is 22.7 Å². The topological polar surface area (TPSA) is 107 Å². The molecule has 0 fully saturated rings. The number of hydrogen-bond acceptors (Lipinski definition) is 7. The Bertz CT molecular complexity index is 1480. The third kappa shape index (κ3) is 3.97. The number of methoxy groups -OCH3 is 1. The number of nitrogens with zero attached hydrogens (tertiary/aromatic N) is 3. The van der Waals surface area contributed by atoms with Gasteiger partial charge in [-0.05, 0) is 29.8 Å². The third-order valence-corrected chi connectivity index (χ3v) is 5.20. The average molecular weight is 489 g/mol. The number of carbonyl (C=O) groups is 1. The highest BCUT2D eigenvalue weighted by atomic mass is 35.5. The number of carbonyl (C=O) groups excluding carboxylic acids is 1. The van der Waals surface area contributed by atoms with E-state index in [1.165, 1.54) is 18.2 Å². The lowest BCUT2D eigenvalue weighted by Gasteiger charge is -2.15. The van der Waals surface area contributed by atoms with Crippen molar-refractivity contribution in [1.29, 1.82) is 0 Å². The van der Waals surface area contributed by atoms with E-state index in [1.807, 2.05) is 0 Å². The predicted molar refractivity (Wildman–Crippen MR) is 118 cm³/mol. The molecular formula is C22H12ClF3N4O4. The van der Waals surface area contributed by atoms with E-state index >= 15 is 0 Å². The lowest BCUT2D eigenvalue weighted by molar-refractivity contribution is -0.384. The summed E-state index contributed by atoms with van der Waals surface area (Å²) in [5.74, 6) is -4.48. The minimum atomic E-state index is -1.40. The summed E-state index contributed by atoms with van der Waals surface area (Å²) >= 11 is 6.24. The normalized spacial score (nSPS) is 10.9. The maximum atomic E-state index is 14.5. The van der Waals surface area contributed by atoms with Gasteiger partial charge in [0.15, 0.2) is 5.82 Å². The molecule has 0 amide bonds. The van der Waals surface area contributed by atoms with Gasteiger partial charge in [-0.2, -0.15) is 4.39 Å². The quantitative estimate of drug-likeness (QED) is 0.163. The van der Waals surface area contributed by atoms with Gasteiger partial charge in [0.25, 0.3) is 0 Å². The number of esters is 1. The summed E-state index contributed by atoms with van der Waals surface area (Å²) < 4.78 is 47.1. The number of aromatic nitrogens is 2. The molecule has 2 heterocycles. The Morgan fingerprint density at radius 2 is 1.94 bits per heavy atom. The van der Waals surface area contributed by atoms with Gasteiger partial charge in [-0.25, -0.2) is 18.6 Å². The zero-order valence-electron chi connectivity index (χ0n) is 17.1. The van der Waals surface area contributed by atoms with Crippen molar-refractivity contribution in [3.63, 3.8) is 0 Å². The first-order valence-corrected chi connectivity index (χ1v) is 9.81. The molecule has 0 saturated heterocycles. The molecule has 4 aromatic rings. The van der Waals surface area contributed by atoms with Crippen molar-refractivity contribution in [2.75, 3.05) is 12.4 Å². The van der Waals surface area contributed by atoms with Crippen LogP contribution in [0, 0.1) is 27.7 Å². The van der Waals surface area contributed by atoms with E-state index < -0.39 is 39.7 Å². The number of anilines is 2. The number of benzene rings is 2. The molecular weight excluding hydrogens is 477 g/mol. The molecule has 1 N–H and O–H groups in total. The Morgan fingerprint density at radius 3 is 2.65 bits per heavy atom. The van der Waals surface area contributed by atoms with Crippen molar-refractivity contribution >= 4 is 45.5 Å². The predicted octanol–water partition coefficient (Wildman–Crippen LogP) is 5.81. The minimum Gasteiger partial charge on any atom is -0.465 e. The van der Waals surface area contributed by atoms with Crippen LogP contribution in [0.15, 0.2) is 48.8 Å². The summed E-state index contributed by atoms with van der Waals surface area (Å²) in [6.07, 6.45) is 2.14. The van der Waals surface area contributed by atoms with Crippen molar-refractivity contribution in [1.82, 2.24) is 9.97 Å². The second-order valence-electron chi connectivity index (χ2n) is 6.87. The van der Waals surface area contributed by atoms with Crippen molar-refractivity contribution in [3.05, 3.63) is 87.1 Å². The highest BCUT2D eigenvalue weighted by Gasteiger charge is 2.29. The number of pyridine rings is 2. The largest absolute Gasteiger partial charge is 0.465 e. The van der Waals surface area contributed by atoms with Crippen LogP contribution in [0.4, 0.5) is 30.2 Å². The molecule has 0 atom stereocenters. The molecule has 2 aromatic carbocycles. The van der Waals surface area contributed by atoms with Gasteiger partial charge in [0.1, 0.15) is 22.6 Å². The Kier molecular flexibility index (Phi) is 6.03. The smallest absolute Gasteiger partial charge is 0.345 e. The van der Waals surface area contributed by atoms with Crippen molar-refractivity contribution < 1.29 is 27.6 Å². The van der Waals surface area contributed by atoms with E-state index in [4.69, 9.17) is 11.6 Å². The number of para-hydroxylation sites is 1. The van der Waals surface area contributed by atoms with Crippen LogP contribution in [0.5, 0.6) is 0 Å². The molecule has 2 aromatic heterocycles. The van der Waals surface area contributed by atoms with Gasteiger partial charge in [0.2, 0.25) is 5.95 Å². The van der Waals surface area contributed by atoms with Crippen LogP contribution in [-0.4, -0.2) is 28.0 Å².